The van der Waals surface area contributed by atoms with Crippen LogP contribution in [-0.4, -0.2) is 36.1 Å². The summed E-state index contributed by atoms with van der Waals surface area (Å²) in [5.41, 5.74) is 1.03. The van der Waals surface area contributed by atoms with Crippen LogP contribution in [0.1, 0.15) is 12.8 Å². The van der Waals surface area contributed by atoms with E-state index in [4.69, 9.17) is 0 Å². The predicted molar refractivity (Wildman–Crippen MR) is 81.1 cm³/mol. The summed E-state index contributed by atoms with van der Waals surface area (Å²) in [5, 5.41) is 4.51. The van der Waals surface area contributed by atoms with Crippen molar-refractivity contribution in [3.8, 4) is 0 Å². The lowest BCUT2D eigenvalue weighted by molar-refractivity contribution is 0.441. The van der Waals surface area contributed by atoms with Crippen molar-refractivity contribution in [3.05, 3.63) is 30.6 Å². The molecule has 2 aromatic rings. The molecular weight excluding hydrogens is 260 g/mol. The number of halogens is 1. The van der Waals surface area contributed by atoms with Gasteiger partial charge in [0.2, 0.25) is 0 Å². The lowest BCUT2D eigenvalue weighted by Crippen LogP contribution is -2.41. The first kappa shape index (κ1) is 14.0. The highest BCUT2D eigenvalue weighted by Gasteiger charge is 2.20. The van der Waals surface area contributed by atoms with Gasteiger partial charge in [0.05, 0.1) is 5.52 Å². The van der Waals surface area contributed by atoms with Crippen molar-refractivity contribution >= 4 is 29.1 Å². The molecule has 0 unspecified atom stereocenters. The average Bonchev–Trinajstić information content (AvgIpc) is 2.47. The van der Waals surface area contributed by atoms with Crippen molar-refractivity contribution in [2.45, 2.75) is 18.9 Å². The molecule has 1 aromatic carbocycles. The Kier molecular flexibility index (Phi) is 4.56. The highest BCUT2D eigenvalue weighted by molar-refractivity contribution is 5.89. The number of nitrogens with zero attached hydrogens (tertiary/aromatic N) is 3. The van der Waals surface area contributed by atoms with Gasteiger partial charge in [0.15, 0.2) is 0 Å². The highest BCUT2D eigenvalue weighted by atomic mass is 35.5. The van der Waals surface area contributed by atoms with Gasteiger partial charge in [0.25, 0.3) is 0 Å². The van der Waals surface area contributed by atoms with Crippen LogP contribution in [0.4, 0.5) is 5.82 Å². The standard InChI is InChI=1S/C14H18N4.ClH/c1-15-11-6-8-18(9-7-11)14-12-4-2-3-5-13(12)16-10-17-14;/h2-5,10-11,15H,6-9H2,1H3;1H. The van der Waals surface area contributed by atoms with Gasteiger partial charge in [-0.2, -0.15) is 0 Å². The van der Waals surface area contributed by atoms with E-state index in [2.05, 4.69) is 32.3 Å². The molecule has 4 nitrogen and oxygen atoms in total. The van der Waals surface area contributed by atoms with E-state index in [1.165, 1.54) is 12.8 Å². The van der Waals surface area contributed by atoms with E-state index in [0.717, 1.165) is 29.8 Å². The Morgan fingerprint density at radius 3 is 2.63 bits per heavy atom. The molecule has 0 radical (unpaired) electrons. The molecule has 0 aliphatic carbocycles. The molecular formula is C14H19ClN4. The van der Waals surface area contributed by atoms with E-state index in [-0.39, 0.29) is 12.4 Å². The number of fused-ring (bicyclic) bond motifs is 1. The summed E-state index contributed by atoms with van der Waals surface area (Å²) in [5.74, 6) is 1.08. The number of piperidine rings is 1. The Hall–Kier alpha value is -1.39. The Bertz CT molecular complexity index is 532. The molecule has 0 atom stereocenters. The van der Waals surface area contributed by atoms with Crippen LogP contribution in [0.3, 0.4) is 0 Å². The predicted octanol–water partition coefficient (Wildman–Crippen LogP) is 2.24. The van der Waals surface area contributed by atoms with Crippen LogP contribution in [0, 0.1) is 0 Å². The summed E-state index contributed by atoms with van der Waals surface area (Å²) in [6, 6.07) is 8.87. The van der Waals surface area contributed by atoms with Crippen molar-refractivity contribution < 1.29 is 0 Å². The fourth-order valence-corrected chi connectivity index (χ4v) is 2.62. The van der Waals surface area contributed by atoms with Gasteiger partial charge in [0.1, 0.15) is 12.1 Å². The molecule has 2 heterocycles. The van der Waals surface area contributed by atoms with Crippen LogP contribution in [0.15, 0.2) is 30.6 Å². The minimum Gasteiger partial charge on any atom is -0.356 e. The third-order valence-corrected chi connectivity index (χ3v) is 3.72. The summed E-state index contributed by atoms with van der Waals surface area (Å²) in [6.45, 7) is 2.12. The molecule has 3 rings (SSSR count). The average molecular weight is 279 g/mol. The van der Waals surface area contributed by atoms with Crippen molar-refractivity contribution in [3.63, 3.8) is 0 Å². The molecule has 102 valence electrons. The second kappa shape index (κ2) is 6.17. The lowest BCUT2D eigenvalue weighted by atomic mass is 10.0. The third-order valence-electron chi connectivity index (χ3n) is 3.72. The highest BCUT2D eigenvalue weighted by Crippen LogP contribution is 2.25. The maximum absolute atomic E-state index is 4.48. The van der Waals surface area contributed by atoms with Crippen LogP contribution in [0.25, 0.3) is 10.9 Å². The van der Waals surface area contributed by atoms with Crippen molar-refractivity contribution in [1.82, 2.24) is 15.3 Å². The molecule has 19 heavy (non-hydrogen) atoms. The Morgan fingerprint density at radius 1 is 1.16 bits per heavy atom. The molecule has 0 spiro atoms. The summed E-state index contributed by atoms with van der Waals surface area (Å²) in [4.78, 5) is 11.2. The summed E-state index contributed by atoms with van der Waals surface area (Å²) >= 11 is 0. The summed E-state index contributed by atoms with van der Waals surface area (Å²) in [6.07, 6.45) is 4.02. The van der Waals surface area contributed by atoms with Crippen LogP contribution in [0.2, 0.25) is 0 Å². The summed E-state index contributed by atoms with van der Waals surface area (Å²) in [7, 11) is 2.04. The lowest BCUT2D eigenvalue weighted by Gasteiger charge is -2.33. The van der Waals surface area contributed by atoms with Gasteiger partial charge >= 0.3 is 0 Å². The first-order chi connectivity index (χ1) is 8.88. The van der Waals surface area contributed by atoms with Gasteiger partial charge in [-0.3, -0.25) is 0 Å². The maximum Gasteiger partial charge on any atom is 0.139 e. The fourth-order valence-electron chi connectivity index (χ4n) is 2.62. The number of nitrogens with one attached hydrogen (secondary N) is 1. The molecule has 0 saturated carbocycles. The van der Waals surface area contributed by atoms with E-state index in [1.54, 1.807) is 6.33 Å². The molecule has 5 heteroatoms. The van der Waals surface area contributed by atoms with Crippen molar-refractivity contribution in [2.24, 2.45) is 0 Å². The zero-order valence-electron chi connectivity index (χ0n) is 11.0. The molecule has 1 aliphatic heterocycles. The maximum atomic E-state index is 4.48. The van der Waals surface area contributed by atoms with E-state index in [1.807, 2.05) is 19.2 Å². The Morgan fingerprint density at radius 2 is 1.89 bits per heavy atom. The second-order valence-corrected chi connectivity index (χ2v) is 4.76. The molecule has 1 aliphatic rings. The molecule has 1 saturated heterocycles. The normalized spacial score (nSPS) is 16.4. The van der Waals surface area contributed by atoms with Crippen LogP contribution < -0.4 is 10.2 Å². The van der Waals surface area contributed by atoms with Crippen molar-refractivity contribution in [2.75, 3.05) is 25.0 Å². The van der Waals surface area contributed by atoms with Gasteiger partial charge in [-0.25, -0.2) is 9.97 Å². The Labute approximate surface area is 119 Å². The first-order valence-electron chi connectivity index (χ1n) is 6.50. The van der Waals surface area contributed by atoms with E-state index < -0.39 is 0 Å². The number of para-hydroxylation sites is 1. The van der Waals surface area contributed by atoms with Gasteiger partial charge in [-0.1, -0.05) is 12.1 Å². The van der Waals surface area contributed by atoms with E-state index in [9.17, 15) is 0 Å². The smallest absolute Gasteiger partial charge is 0.139 e. The molecule has 1 N–H and O–H groups in total. The van der Waals surface area contributed by atoms with Crippen LogP contribution in [-0.2, 0) is 0 Å². The van der Waals surface area contributed by atoms with Gasteiger partial charge < -0.3 is 10.2 Å². The minimum atomic E-state index is 0. The number of aromatic nitrogens is 2. The zero-order valence-corrected chi connectivity index (χ0v) is 11.9. The van der Waals surface area contributed by atoms with Crippen LogP contribution in [0.5, 0.6) is 0 Å². The van der Waals surface area contributed by atoms with Gasteiger partial charge in [0, 0.05) is 24.5 Å². The monoisotopic (exact) mass is 278 g/mol. The third kappa shape index (κ3) is 2.80. The Balaban J connectivity index is 0.00000133. The van der Waals surface area contributed by atoms with E-state index in [0.29, 0.717) is 6.04 Å². The largest absolute Gasteiger partial charge is 0.356 e. The number of hydrogen-bond acceptors (Lipinski definition) is 4. The number of benzene rings is 1. The zero-order chi connectivity index (χ0) is 12.4. The van der Waals surface area contributed by atoms with Crippen LogP contribution >= 0.6 is 12.4 Å². The topological polar surface area (TPSA) is 41.0 Å². The second-order valence-electron chi connectivity index (χ2n) is 4.76. The van der Waals surface area contributed by atoms with Gasteiger partial charge in [-0.05, 0) is 32.0 Å². The molecule has 1 fully saturated rings. The fraction of sp³-hybridized carbons (Fsp3) is 0.429. The van der Waals surface area contributed by atoms with E-state index >= 15 is 0 Å². The summed E-state index contributed by atoms with van der Waals surface area (Å²) < 4.78 is 0. The van der Waals surface area contributed by atoms with Crippen molar-refractivity contribution in [1.29, 1.82) is 0 Å². The minimum absolute atomic E-state index is 0. The molecule has 0 bridgehead atoms. The quantitative estimate of drug-likeness (QED) is 0.915. The molecule has 0 amide bonds. The number of hydrogen-bond donors (Lipinski definition) is 1. The molecule has 1 aromatic heterocycles. The first-order valence-corrected chi connectivity index (χ1v) is 6.50. The van der Waals surface area contributed by atoms with Gasteiger partial charge in [-0.15, -0.1) is 12.4 Å². The number of rotatable bonds is 2. The number of anilines is 1. The SMILES string of the molecule is CNC1CCN(c2ncnc3ccccc23)CC1.Cl.